The molecule has 5 rings (SSSR count). The SMILES string of the molecule is CC(=O)N1C(c2ccc(C)cc2)c2c(O)ccc3ccc(O)c(c23)C1c1ccc(C)cc1. The van der Waals surface area contributed by atoms with Crippen LogP contribution >= 0.6 is 0 Å². The molecule has 0 aromatic heterocycles. The summed E-state index contributed by atoms with van der Waals surface area (Å²) in [6.07, 6.45) is 0. The first kappa shape index (κ1) is 20.1. The topological polar surface area (TPSA) is 60.8 Å². The molecule has 0 bridgehead atoms. The molecule has 4 aromatic carbocycles. The summed E-state index contributed by atoms with van der Waals surface area (Å²) in [5, 5.41) is 23.8. The second-order valence-corrected chi connectivity index (χ2v) is 8.65. The van der Waals surface area contributed by atoms with Gasteiger partial charge in [-0.2, -0.15) is 0 Å². The molecule has 2 unspecified atom stereocenters. The van der Waals surface area contributed by atoms with E-state index in [1.54, 1.807) is 24.0 Å². The van der Waals surface area contributed by atoms with Gasteiger partial charge in [-0.1, -0.05) is 71.8 Å². The summed E-state index contributed by atoms with van der Waals surface area (Å²) in [4.78, 5) is 15.0. The Labute approximate surface area is 187 Å². The molecule has 160 valence electrons. The van der Waals surface area contributed by atoms with Gasteiger partial charge in [0.2, 0.25) is 5.91 Å². The molecule has 32 heavy (non-hydrogen) atoms. The van der Waals surface area contributed by atoms with Crippen molar-refractivity contribution in [2.24, 2.45) is 0 Å². The predicted octanol–water partition coefficient (Wildman–Crippen LogP) is 5.91. The van der Waals surface area contributed by atoms with E-state index in [2.05, 4.69) is 0 Å². The van der Waals surface area contributed by atoms with E-state index in [1.807, 2.05) is 74.5 Å². The van der Waals surface area contributed by atoms with Gasteiger partial charge in [-0.25, -0.2) is 0 Å². The Morgan fingerprint density at radius 3 is 1.47 bits per heavy atom. The number of aromatic hydroxyl groups is 2. The average molecular weight is 424 g/mol. The van der Waals surface area contributed by atoms with Crippen molar-refractivity contribution in [1.82, 2.24) is 4.90 Å². The van der Waals surface area contributed by atoms with Gasteiger partial charge in [-0.05, 0) is 42.5 Å². The number of carbonyl (C=O) groups is 1. The van der Waals surface area contributed by atoms with Gasteiger partial charge in [0.05, 0.1) is 12.1 Å². The average Bonchev–Trinajstić information content (AvgIpc) is 2.78. The summed E-state index contributed by atoms with van der Waals surface area (Å²) in [7, 11) is 0. The van der Waals surface area contributed by atoms with E-state index >= 15 is 0 Å². The highest BCUT2D eigenvalue weighted by Gasteiger charge is 2.42. The van der Waals surface area contributed by atoms with E-state index < -0.39 is 12.1 Å². The Balaban J connectivity index is 1.92. The number of aryl methyl sites for hydroxylation is 2. The number of benzene rings is 4. The highest BCUT2D eigenvalue weighted by atomic mass is 16.3. The Bertz CT molecular complexity index is 1250. The van der Waals surface area contributed by atoms with Crippen LogP contribution in [0.25, 0.3) is 10.8 Å². The van der Waals surface area contributed by atoms with Crippen LogP contribution < -0.4 is 0 Å². The van der Waals surface area contributed by atoms with Gasteiger partial charge in [-0.3, -0.25) is 4.79 Å². The minimum Gasteiger partial charge on any atom is -0.508 e. The number of nitrogens with zero attached hydrogens (tertiary/aromatic N) is 1. The van der Waals surface area contributed by atoms with Crippen LogP contribution in [0.4, 0.5) is 0 Å². The summed E-state index contributed by atoms with van der Waals surface area (Å²) >= 11 is 0. The van der Waals surface area contributed by atoms with Crippen LogP contribution in [0.3, 0.4) is 0 Å². The maximum absolute atomic E-state index is 13.2. The maximum atomic E-state index is 13.2. The van der Waals surface area contributed by atoms with Crippen LogP contribution in [0, 0.1) is 13.8 Å². The highest BCUT2D eigenvalue weighted by molar-refractivity contribution is 5.96. The third-order valence-corrected chi connectivity index (χ3v) is 6.47. The molecular weight excluding hydrogens is 398 g/mol. The highest BCUT2D eigenvalue weighted by Crippen LogP contribution is 2.53. The first-order valence-electron chi connectivity index (χ1n) is 10.8. The van der Waals surface area contributed by atoms with Crippen LogP contribution in [0.2, 0.25) is 0 Å². The summed E-state index contributed by atoms with van der Waals surface area (Å²) in [6.45, 7) is 5.59. The molecule has 0 fully saturated rings. The minimum atomic E-state index is -0.489. The molecule has 4 nitrogen and oxygen atoms in total. The van der Waals surface area contributed by atoms with Crippen LogP contribution in [0.5, 0.6) is 11.5 Å². The quantitative estimate of drug-likeness (QED) is 0.421. The van der Waals surface area contributed by atoms with Crippen molar-refractivity contribution in [2.75, 3.05) is 0 Å². The van der Waals surface area contributed by atoms with Crippen molar-refractivity contribution in [2.45, 2.75) is 32.9 Å². The zero-order valence-electron chi connectivity index (χ0n) is 18.3. The molecule has 0 spiro atoms. The van der Waals surface area contributed by atoms with Crippen molar-refractivity contribution < 1.29 is 15.0 Å². The van der Waals surface area contributed by atoms with Gasteiger partial charge in [0, 0.05) is 23.4 Å². The second-order valence-electron chi connectivity index (χ2n) is 8.65. The third kappa shape index (κ3) is 3.02. The minimum absolute atomic E-state index is 0.114. The normalized spacial score (nSPS) is 17.5. The number of rotatable bonds is 2. The molecule has 2 atom stereocenters. The fourth-order valence-corrected chi connectivity index (χ4v) is 4.95. The molecule has 1 heterocycles. The van der Waals surface area contributed by atoms with Gasteiger partial charge in [0.1, 0.15) is 11.5 Å². The molecule has 0 aliphatic carbocycles. The number of carbonyl (C=O) groups excluding carboxylic acids is 1. The summed E-state index contributed by atoms with van der Waals surface area (Å²) in [6, 6.07) is 22.2. The van der Waals surface area contributed by atoms with E-state index in [9.17, 15) is 15.0 Å². The Morgan fingerprint density at radius 1 is 0.688 bits per heavy atom. The first-order chi connectivity index (χ1) is 15.4. The molecule has 2 N–H and O–H groups in total. The molecule has 0 radical (unpaired) electrons. The Hall–Kier alpha value is -3.79. The van der Waals surface area contributed by atoms with Crippen LogP contribution in [-0.2, 0) is 4.79 Å². The lowest BCUT2D eigenvalue weighted by molar-refractivity contribution is -0.132. The predicted molar refractivity (Wildman–Crippen MR) is 126 cm³/mol. The van der Waals surface area contributed by atoms with Crippen LogP contribution in [0.1, 0.15) is 52.4 Å². The van der Waals surface area contributed by atoms with Gasteiger partial charge < -0.3 is 15.1 Å². The lowest BCUT2D eigenvalue weighted by atomic mass is 9.79. The number of hydrogen-bond acceptors (Lipinski definition) is 3. The van der Waals surface area contributed by atoms with Gasteiger partial charge in [-0.15, -0.1) is 0 Å². The van der Waals surface area contributed by atoms with Crippen molar-refractivity contribution in [3.8, 4) is 11.5 Å². The maximum Gasteiger partial charge on any atom is 0.221 e. The van der Waals surface area contributed by atoms with Crippen molar-refractivity contribution >= 4 is 16.7 Å². The number of phenolic OH excluding ortho intramolecular Hbond substituents is 2. The van der Waals surface area contributed by atoms with Crippen molar-refractivity contribution in [3.05, 3.63) is 106 Å². The number of amides is 1. The molecule has 0 saturated carbocycles. The molecule has 0 saturated heterocycles. The monoisotopic (exact) mass is 423 g/mol. The summed E-state index contributed by atoms with van der Waals surface area (Å²) in [5.41, 5.74) is 5.37. The van der Waals surface area contributed by atoms with Gasteiger partial charge >= 0.3 is 0 Å². The molecule has 4 aromatic rings. The molecule has 1 aliphatic heterocycles. The standard InChI is InChI=1S/C28H25NO3/c1-16-4-8-20(9-5-16)27-25-22(31)14-12-19-13-15-23(32)26(24(19)25)28(29(27)18(3)30)21-10-6-17(2)7-11-21/h4-15,27-28,31-32H,1-3H3. The molecular formula is C28H25NO3. The lowest BCUT2D eigenvalue weighted by Gasteiger charge is -2.44. The zero-order valence-corrected chi connectivity index (χ0v) is 18.3. The van der Waals surface area contributed by atoms with E-state index in [0.717, 1.165) is 33.0 Å². The fourth-order valence-electron chi connectivity index (χ4n) is 4.95. The van der Waals surface area contributed by atoms with Crippen LogP contribution in [-0.4, -0.2) is 21.0 Å². The number of hydrogen-bond donors (Lipinski definition) is 2. The fraction of sp³-hybridized carbons (Fsp3) is 0.179. The largest absolute Gasteiger partial charge is 0.508 e. The van der Waals surface area contributed by atoms with E-state index in [-0.39, 0.29) is 17.4 Å². The number of phenols is 2. The van der Waals surface area contributed by atoms with E-state index in [4.69, 9.17) is 0 Å². The lowest BCUT2D eigenvalue weighted by Crippen LogP contribution is -2.40. The molecule has 1 amide bonds. The summed E-state index contributed by atoms with van der Waals surface area (Å²) < 4.78 is 0. The smallest absolute Gasteiger partial charge is 0.221 e. The van der Waals surface area contributed by atoms with Crippen molar-refractivity contribution in [3.63, 3.8) is 0 Å². The van der Waals surface area contributed by atoms with E-state index in [1.165, 1.54) is 0 Å². The molecule has 1 aliphatic rings. The second kappa shape index (κ2) is 7.41. The first-order valence-corrected chi connectivity index (χ1v) is 10.8. The summed E-state index contributed by atoms with van der Waals surface area (Å²) in [5.74, 6) is 0.0959. The zero-order chi connectivity index (χ0) is 22.6. The third-order valence-electron chi connectivity index (χ3n) is 6.47. The van der Waals surface area contributed by atoms with Crippen LogP contribution in [0.15, 0.2) is 72.8 Å². The molecule has 4 heteroatoms. The van der Waals surface area contributed by atoms with Gasteiger partial charge in [0.15, 0.2) is 0 Å². The van der Waals surface area contributed by atoms with Crippen molar-refractivity contribution in [1.29, 1.82) is 0 Å². The Morgan fingerprint density at radius 2 is 1.09 bits per heavy atom. The van der Waals surface area contributed by atoms with Gasteiger partial charge in [0.25, 0.3) is 0 Å². The Kier molecular flexibility index (Phi) is 4.66. The van der Waals surface area contributed by atoms with E-state index in [0.29, 0.717) is 11.1 Å².